The van der Waals surface area contributed by atoms with Gasteiger partial charge in [-0.25, -0.2) is 0 Å². The molecule has 1 fully saturated rings. The molecule has 0 radical (unpaired) electrons. The van der Waals surface area contributed by atoms with E-state index >= 15 is 0 Å². The molecule has 0 aliphatic carbocycles. The normalized spacial score (nSPS) is 15.0. The third-order valence-electron chi connectivity index (χ3n) is 4.07. The van der Waals surface area contributed by atoms with Crippen LogP contribution in [0.25, 0.3) is 0 Å². The van der Waals surface area contributed by atoms with Crippen LogP contribution in [0, 0.1) is 17.2 Å². The van der Waals surface area contributed by atoms with Crippen molar-refractivity contribution >= 4 is 23.5 Å². The number of carbonyl (C=O) groups is 1. The molecule has 0 spiro atoms. The maximum atomic E-state index is 11.0. The van der Waals surface area contributed by atoms with Crippen LogP contribution in [0.3, 0.4) is 0 Å². The van der Waals surface area contributed by atoms with Gasteiger partial charge in [-0.15, -0.1) is 0 Å². The zero-order chi connectivity index (χ0) is 17.8. The number of ether oxygens (including phenoxy) is 1. The molecule has 8 heteroatoms. The van der Waals surface area contributed by atoms with E-state index in [-0.39, 0.29) is 18.2 Å². The summed E-state index contributed by atoms with van der Waals surface area (Å²) in [5, 5.41) is 18.9. The highest BCUT2D eigenvalue weighted by atomic mass is 35.5. The monoisotopic (exact) mass is 361 g/mol. The number of aliphatic carboxylic acids is 1. The molecule has 25 heavy (non-hydrogen) atoms. The number of aromatic nitrogens is 1. The lowest BCUT2D eigenvalue weighted by Gasteiger charge is -2.29. The largest absolute Gasteiger partial charge is 0.484 e. The standard InChI is InChI=1S/C17H16ClN3O4/c18-12-1-3-13(4-2-12)24-10-15-20-14(9-19)16(25-15)21-7-5-11(6-8-21)17(22)23/h1-4,11H,5-8,10H2,(H,22,23). The Balaban J connectivity index is 1.66. The van der Waals surface area contributed by atoms with Crippen molar-refractivity contribution in [2.24, 2.45) is 5.92 Å². The number of benzene rings is 1. The number of piperidine rings is 1. The summed E-state index contributed by atoms with van der Waals surface area (Å²) >= 11 is 5.82. The summed E-state index contributed by atoms with van der Waals surface area (Å²) in [7, 11) is 0. The molecule has 1 N–H and O–H groups in total. The van der Waals surface area contributed by atoms with Gasteiger partial charge in [-0.2, -0.15) is 10.2 Å². The Labute approximate surface area is 149 Å². The predicted molar refractivity (Wildman–Crippen MR) is 89.6 cm³/mol. The molecule has 0 amide bonds. The Morgan fingerprint density at radius 1 is 1.40 bits per heavy atom. The van der Waals surface area contributed by atoms with Crippen molar-refractivity contribution in [3.05, 3.63) is 40.9 Å². The van der Waals surface area contributed by atoms with Gasteiger partial charge in [-0.1, -0.05) is 11.6 Å². The van der Waals surface area contributed by atoms with Crippen molar-refractivity contribution in [2.75, 3.05) is 18.0 Å². The quantitative estimate of drug-likeness (QED) is 0.873. The van der Waals surface area contributed by atoms with Crippen LogP contribution in [0.2, 0.25) is 5.02 Å². The Kier molecular flexibility index (Phi) is 5.10. The number of oxazole rings is 1. The third-order valence-corrected chi connectivity index (χ3v) is 4.32. The van der Waals surface area contributed by atoms with Crippen LogP contribution in [-0.4, -0.2) is 29.1 Å². The second-order valence-corrected chi connectivity index (χ2v) is 6.15. The maximum Gasteiger partial charge on any atom is 0.306 e. The maximum absolute atomic E-state index is 11.0. The minimum atomic E-state index is -0.783. The van der Waals surface area contributed by atoms with Crippen LogP contribution < -0.4 is 9.64 Å². The SMILES string of the molecule is N#Cc1nc(COc2ccc(Cl)cc2)oc1N1CCC(C(=O)O)CC1. The number of rotatable bonds is 5. The summed E-state index contributed by atoms with van der Waals surface area (Å²) in [5.41, 5.74) is 0.184. The van der Waals surface area contributed by atoms with E-state index in [1.807, 2.05) is 11.0 Å². The molecule has 0 unspecified atom stereocenters. The number of anilines is 1. The van der Waals surface area contributed by atoms with Gasteiger partial charge in [0.25, 0.3) is 0 Å². The molecule has 2 aromatic rings. The second kappa shape index (κ2) is 7.45. The molecule has 0 bridgehead atoms. The number of nitriles is 1. The van der Waals surface area contributed by atoms with Gasteiger partial charge < -0.3 is 19.2 Å². The fourth-order valence-corrected chi connectivity index (χ4v) is 2.84. The average molecular weight is 362 g/mol. The first-order valence-electron chi connectivity index (χ1n) is 7.82. The topological polar surface area (TPSA) is 99.6 Å². The molecule has 0 saturated carbocycles. The highest BCUT2D eigenvalue weighted by molar-refractivity contribution is 6.30. The number of halogens is 1. The van der Waals surface area contributed by atoms with E-state index in [0.717, 1.165) is 0 Å². The van der Waals surface area contributed by atoms with E-state index in [1.165, 1.54) is 0 Å². The lowest BCUT2D eigenvalue weighted by atomic mass is 9.97. The third kappa shape index (κ3) is 4.03. The van der Waals surface area contributed by atoms with Crippen LogP contribution >= 0.6 is 11.6 Å². The zero-order valence-electron chi connectivity index (χ0n) is 13.3. The molecule has 0 atom stereocenters. The van der Waals surface area contributed by atoms with E-state index in [2.05, 4.69) is 4.98 Å². The summed E-state index contributed by atoms with van der Waals surface area (Å²) in [6.07, 6.45) is 1.02. The average Bonchev–Trinajstić information content (AvgIpc) is 3.04. The second-order valence-electron chi connectivity index (χ2n) is 5.72. The molecular weight excluding hydrogens is 346 g/mol. The first-order chi connectivity index (χ1) is 12.1. The van der Waals surface area contributed by atoms with Gasteiger partial charge >= 0.3 is 5.97 Å². The smallest absolute Gasteiger partial charge is 0.306 e. The molecule has 1 aliphatic heterocycles. The Morgan fingerprint density at radius 2 is 2.08 bits per heavy atom. The number of hydrogen-bond acceptors (Lipinski definition) is 6. The highest BCUT2D eigenvalue weighted by Crippen LogP contribution is 2.28. The van der Waals surface area contributed by atoms with Crippen molar-refractivity contribution in [2.45, 2.75) is 19.4 Å². The van der Waals surface area contributed by atoms with Gasteiger partial charge in [0.2, 0.25) is 17.5 Å². The van der Waals surface area contributed by atoms with Gasteiger partial charge in [-0.3, -0.25) is 4.79 Å². The Hall–Kier alpha value is -2.72. The minimum absolute atomic E-state index is 0.0852. The van der Waals surface area contributed by atoms with Crippen LogP contribution in [0.4, 0.5) is 5.88 Å². The molecule has 1 saturated heterocycles. The van der Waals surface area contributed by atoms with Gasteiger partial charge in [0, 0.05) is 18.1 Å². The molecule has 2 heterocycles. The van der Waals surface area contributed by atoms with Crippen molar-refractivity contribution in [3.8, 4) is 11.8 Å². The minimum Gasteiger partial charge on any atom is -0.484 e. The van der Waals surface area contributed by atoms with Crippen LogP contribution in [-0.2, 0) is 11.4 Å². The summed E-state index contributed by atoms with van der Waals surface area (Å²) in [5.74, 6) is 0.153. The van der Waals surface area contributed by atoms with E-state index in [0.29, 0.717) is 48.5 Å². The fourth-order valence-electron chi connectivity index (χ4n) is 2.71. The first kappa shape index (κ1) is 17.1. The van der Waals surface area contributed by atoms with Gasteiger partial charge in [-0.05, 0) is 37.1 Å². The van der Waals surface area contributed by atoms with Crippen molar-refractivity contribution in [3.63, 3.8) is 0 Å². The van der Waals surface area contributed by atoms with Gasteiger partial charge in [0.1, 0.15) is 11.8 Å². The van der Waals surface area contributed by atoms with Crippen LogP contribution in [0.5, 0.6) is 5.75 Å². The van der Waals surface area contributed by atoms with Crippen LogP contribution in [0.1, 0.15) is 24.4 Å². The molecular formula is C17H16ClN3O4. The summed E-state index contributed by atoms with van der Waals surface area (Å²) in [6.45, 7) is 1.11. The summed E-state index contributed by atoms with van der Waals surface area (Å²) in [4.78, 5) is 17.0. The summed E-state index contributed by atoms with van der Waals surface area (Å²) < 4.78 is 11.3. The Bertz CT molecular complexity index is 789. The van der Waals surface area contributed by atoms with E-state index in [9.17, 15) is 10.1 Å². The number of carboxylic acids is 1. The highest BCUT2D eigenvalue weighted by Gasteiger charge is 2.28. The Morgan fingerprint density at radius 3 is 2.68 bits per heavy atom. The van der Waals surface area contributed by atoms with Crippen molar-refractivity contribution < 1.29 is 19.1 Å². The molecule has 1 aromatic carbocycles. The molecule has 7 nitrogen and oxygen atoms in total. The number of nitrogens with zero attached hydrogens (tertiary/aromatic N) is 3. The van der Waals surface area contributed by atoms with Crippen molar-refractivity contribution in [1.29, 1.82) is 5.26 Å². The molecule has 3 rings (SSSR count). The fraction of sp³-hybridized carbons (Fsp3) is 0.353. The molecule has 1 aromatic heterocycles. The van der Waals surface area contributed by atoms with Crippen LogP contribution in [0.15, 0.2) is 28.7 Å². The van der Waals surface area contributed by atoms with E-state index < -0.39 is 5.97 Å². The lowest BCUT2D eigenvalue weighted by Crippen LogP contribution is -2.36. The summed E-state index contributed by atoms with van der Waals surface area (Å²) in [6, 6.07) is 8.90. The number of carboxylic acid groups (broad SMARTS) is 1. The predicted octanol–water partition coefficient (Wildman–Crippen LogP) is 3.08. The van der Waals surface area contributed by atoms with Gasteiger partial charge in [0.15, 0.2) is 6.61 Å². The van der Waals surface area contributed by atoms with E-state index in [1.54, 1.807) is 24.3 Å². The number of hydrogen-bond donors (Lipinski definition) is 1. The molecule has 130 valence electrons. The molecule has 1 aliphatic rings. The van der Waals surface area contributed by atoms with E-state index in [4.69, 9.17) is 25.9 Å². The van der Waals surface area contributed by atoms with Crippen molar-refractivity contribution in [1.82, 2.24) is 4.98 Å². The lowest BCUT2D eigenvalue weighted by molar-refractivity contribution is -0.142. The first-order valence-corrected chi connectivity index (χ1v) is 8.20. The van der Waals surface area contributed by atoms with Gasteiger partial charge in [0.05, 0.1) is 5.92 Å². The zero-order valence-corrected chi connectivity index (χ0v) is 14.1.